The second-order valence-electron chi connectivity index (χ2n) is 5.02. The Labute approximate surface area is 156 Å². The second-order valence-corrected chi connectivity index (χ2v) is 6.75. The zero-order chi connectivity index (χ0) is 17.1. The third-order valence-electron chi connectivity index (χ3n) is 3.17. The lowest BCUT2D eigenvalue weighted by Gasteiger charge is -2.04. The highest BCUT2D eigenvalue weighted by Crippen LogP contribution is 2.22. The van der Waals surface area contributed by atoms with Crippen LogP contribution in [0, 0.1) is 0 Å². The largest absolute Gasteiger partial charge is 0.306 e. The molecule has 0 saturated heterocycles. The van der Waals surface area contributed by atoms with Gasteiger partial charge in [0.15, 0.2) is 5.82 Å². The molecule has 0 spiro atoms. The fraction of sp³-hybridized carbons (Fsp3) is 0.133. The van der Waals surface area contributed by atoms with Gasteiger partial charge in [-0.3, -0.25) is 14.2 Å². The molecule has 2 heterocycles. The predicted octanol–water partition coefficient (Wildman–Crippen LogP) is 3.84. The lowest BCUT2D eigenvalue weighted by molar-refractivity contribution is -0.116. The number of benzene rings is 1. The molecule has 0 bridgehead atoms. The van der Waals surface area contributed by atoms with Gasteiger partial charge in [-0.05, 0) is 27.6 Å². The van der Waals surface area contributed by atoms with Crippen molar-refractivity contribution in [3.05, 3.63) is 62.9 Å². The van der Waals surface area contributed by atoms with Gasteiger partial charge in [-0.1, -0.05) is 41.4 Å². The van der Waals surface area contributed by atoms with Crippen molar-refractivity contribution in [1.82, 2.24) is 19.6 Å². The topological polar surface area (TPSA) is 64.7 Å². The summed E-state index contributed by atoms with van der Waals surface area (Å²) in [5, 5.41) is 12.0. The summed E-state index contributed by atoms with van der Waals surface area (Å²) >= 11 is 15.6. The molecule has 3 aromatic rings. The van der Waals surface area contributed by atoms with E-state index in [1.54, 1.807) is 23.3 Å². The molecule has 0 aliphatic carbocycles. The van der Waals surface area contributed by atoms with Gasteiger partial charge in [-0.15, -0.1) is 0 Å². The Bertz CT molecular complexity index is 876. The molecule has 9 heteroatoms. The third kappa shape index (κ3) is 4.17. The van der Waals surface area contributed by atoms with E-state index in [1.807, 2.05) is 24.3 Å². The lowest BCUT2D eigenvalue weighted by Crippen LogP contribution is -2.19. The molecule has 0 aliphatic heterocycles. The summed E-state index contributed by atoms with van der Waals surface area (Å²) in [7, 11) is 0. The summed E-state index contributed by atoms with van der Waals surface area (Å²) in [4.78, 5) is 12.0. The highest BCUT2D eigenvalue weighted by molar-refractivity contribution is 9.10. The molecule has 24 heavy (non-hydrogen) atoms. The monoisotopic (exact) mass is 427 g/mol. The summed E-state index contributed by atoms with van der Waals surface area (Å²) < 4.78 is 3.94. The Morgan fingerprint density at radius 3 is 2.67 bits per heavy atom. The number of nitrogens with one attached hydrogen (secondary N) is 1. The van der Waals surface area contributed by atoms with Gasteiger partial charge in [-0.2, -0.15) is 10.2 Å². The molecule has 0 aliphatic rings. The van der Waals surface area contributed by atoms with E-state index in [0.717, 1.165) is 10.0 Å². The normalized spacial score (nSPS) is 10.8. The fourth-order valence-electron chi connectivity index (χ4n) is 2.11. The van der Waals surface area contributed by atoms with Crippen molar-refractivity contribution in [3.63, 3.8) is 0 Å². The number of rotatable bonds is 5. The minimum Gasteiger partial charge on any atom is -0.306 e. The van der Waals surface area contributed by atoms with E-state index in [0.29, 0.717) is 22.4 Å². The summed E-state index contributed by atoms with van der Waals surface area (Å²) in [6.07, 6.45) is 4.96. The number of carbonyl (C=O) groups excluding carboxylic acids is 1. The number of aromatic nitrogens is 4. The molecule has 6 nitrogen and oxygen atoms in total. The van der Waals surface area contributed by atoms with E-state index in [9.17, 15) is 4.79 Å². The van der Waals surface area contributed by atoms with Gasteiger partial charge in [0.05, 0.1) is 17.2 Å². The van der Waals surface area contributed by atoms with Crippen LogP contribution in [-0.2, 0) is 17.9 Å². The van der Waals surface area contributed by atoms with Crippen molar-refractivity contribution >= 4 is 50.9 Å². The van der Waals surface area contributed by atoms with Crippen LogP contribution in [0.3, 0.4) is 0 Å². The van der Waals surface area contributed by atoms with Gasteiger partial charge in [0.25, 0.3) is 0 Å². The van der Waals surface area contributed by atoms with Crippen molar-refractivity contribution in [2.45, 2.75) is 13.1 Å². The molecule has 1 amide bonds. The summed E-state index contributed by atoms with van der Waals surface area (Å²) in [5.41, 5.74) is 0.914. The minimum atomic E-state index is -0.268. The van der Waals surface area contributed by atoms with Crippen LogP contribution in [0.5, 0.6) is 0 Å². The van der Waals surface area contributed by atoms with Crippen molar-refractivity contribution in [2.75, 3.05) is 5.32 Å². The van der Waals surface area contributed by atoms with E-state index in [2.05, 4.69) is 31.4 Å². The number of anilines is 1. The molecule has 0 atom stereocenters. The molecule has 0 saturated carbocycles. The predicted molar refractivity (Wildman–Crippen MR) is 96.3 cm³/mol. The lowest BCUT2D eigenvalue weighted by atomic mass is 10.2. The molecule has 0 radical (unpaired) electrons. The molecule has 0 fully saturated rings. The van der Waals surface area contributed by atoms with Gasteiger partial charge in [0, 0.05) is 17.4 Å². The molecule has 1 aromatic carbocycles. The Balaban J connectivity index is 1.67. The maximum Gasteiger partial charge on any atom is 0.247 e. The van der Waals surface area contributed by atoms with Gasteiger partial charge in [0.1, 0.15) is 11.6 Å². The summed E-state index contributed by atoms with van der Waals surface area (Å²) in [6.45, 7) is 0.528. The van der Waals surface area contributed by atoms with Crippen LogP contribution in [0.2, 0.25) is 10.0 Å². The SMILES string of the molecule is O=C(Cn1cc(Br)cn1)Nc1nn(Cc2ccccc2Cl)cc1Cl. The second kappa shape index (κ2) is 7.38. The number of halogens is 3. The number of hydrogen-bond acceptors (Lipinski definition) is 3. The van der Waals surface area contributed by atoms with Crippen molar-refractivity contribution < 1.29 is 4.79 Å². The van der Waals surface area contributed by atoms with Crippen molar-refractivity contribution in [2.24, 2.45) is 0 Å². The van der Waals surface area contributed by atoms with Crippen molar-refractivity contribution in [1.29, 1.82) is 0 Å². The van der Waals surface area contributed by atoms with Gasteiger partial charge in [0.2, 0.25) is 5.91 Å². The van der Waals surface area contributed by atoms with Crippen LogP contribution in [0.4, 0.5) is 5.82 Å². The van der Waals surface area contributed by atoms with E-state index in [1.165, 1.54) is 4.68 Å². The van der Waals surface area contributed by atoms with Crippen LogP contribution in [-0.4, -0.2) is 25.5 Å². The zero-order valence-corrected chi connectivity index (χ0v) is 15.4. The molecular formula is C15H12BrCl2N5O. The molecule has 124 valence electrons. The number of amides is 1. The smallest absolute Gasteiger partial charge is 0.247 e. The Morgan fingerprint density at radius 2 is 1.96 bits per heavy atom. The first-order valence-corrected chi connectivity index (χ1v) is 8.50. The van der Waals surface area contributed by atoms with E-state index >= 15 is 0 Å². The van der Waals surface area contributed by atoms with Crippen LogP contribution in [0.25, 0.3) is 0 Å². The van der Waals surface area contributed by atoms with Crippen LogP contribution in [0.15, 0.2) is 47.3 Å². The summed E-state index contributed by atoms with van der Waals surface area (Å²) in [5.74, 6) is 0.0374. The minimum absolute atomic E-state index is 0.0688. The molecule has 2 aromatic heterocycles. The molecular weight excluding hydrogens is 417 g/mol. The maximum absolute atomic E-state index is 12.0. The average molecular weight is 429 g/mol. The van der Waals surface area contributed by atoms with Gasteiger partial charge < -0.3 is 5.32 Å². The average Bonchev–Trinajstić information content (AvgIpc) is 3.08. The van der Waals surface area contributed by atoms with Crippen molar-refractivity contribution in [3.8, 4) is 0 Å². The first-order chi connectivity index (χ1) is 11.5. The van der Waals surface area contributed by atoms with Crippen LogP contribution < -0.4 is 5.32 Å². The van der Waals surface area contributed by atoms with Crippen LogP contribution in [0.1, 0.15) is 5.56 Å². The number of nitrogens with zero attached hydrogens (tertiary/aromatic N) is 4. The quantitative estimate of drug-likeness (QED) is 0.671. The van der Waals surface area contributed by atoms with E-state index in [4.69, 9.17) is 23.2 Å². The number of hydrogen-bond donors (Lipinski definition) is 1. The summed E-state index contributed by atoms with van der Waals surface area (Å²) in [6, 6.07) is 7.48. The van der Waals surface area contributed by atoms with Gasteiger partial charge >= 0.3 is 0 Å². The maximum atomic E-state index is 12.0. The molecule has 3 rings (SSSR count). The Kier molecular flexibility index (Phi) is 5.23. The van der Waals surface area contributed by atoms with E-state index < -0.39 is 0 Å². The number of carbonyl (C=O) groups is 1. The first kappa shape index (κ1) is 17.0. The molecule has 0 unspecified atom stereocenters. The fourth-order valence-corrected chi connectivity index (χ4v) is 2.83. The third-order valence-corrected chi connectivity index (χ3v) is 4.23. The standard InChI is InChI=1S/C15H12BrCl2N5O/c16-11-5-19-22(7-11)9-14(24)20-15-13(18)8-23(21-15)6-10-3-1-2-4-12(10)17/h1-5,7-8H,6,9H2,(H,20,21,24). The van der Waals surface area contributed by atoms with Gasteiger partial charge in [-0.25, -0.2) is 0 Å². The zero-order valence-electron chi connectivity index (χ0n) is 12.3. The highest BCUT2D eigenvalue weighted by atomic mass is 79.9. The van der Waals surface area contributed by atoms with Crippen LogP contribution >= 0.6 is 39.1 Å². The first-order valence-electron chi connectivity index (χ1n) is 6.95. The van der Waals surface area contributed by atoms with E-state index in [-0.39, 0.29) is 12.5 Å². The Morgan fingerprint density at radius 1 is 1.17 bits per heavy atom. The molecule has 1 N–H and O–H groups in total. The Hall–Kier alpha value is -1.83. The highest BCUT2D eigenvalue weighted by Gasteiger charge is 2.12.